The minimum atomic E-state index is 0.283. The van der Waals surface area contributed by atoms with Gasteiger partial charge >= 0.3 is 0 Å². The Morgan fingerprint density at radius 2 is 2.00 bits per heavy atom. The molecule has 0 spiro atoms. The second-order valence-electron chi connectivity index (χ2n) is 4.64. The monoisotopic (exact) mass is 202 g/mol. The first-order valence-corrected chi connectivity index (χ1v) is 5.84. The molecule has 0 atom stereocenters. The van der Waals surface area contributed by atoms with E-state index >= 15 is 0 Å². The third-order valence-electron chi connectivity index (χ3n) is 3.40. The van der Waals surface area contributed by atoms with E-state index in [1.807, 2.05) is 25.1 Å². The Balaban J connectivity index is 2.26. The minimum absolute atomic E-state index is 0.283. The summed E-state index contributed by atoms with van der Waals surface area (Å²) < 4.78 is 0. The van der Waals surface area contributed by atoms with Crippen molar-refractivity contribution in [2.45, 2.75) is 39.0 Å². The molecule has 1 aromatic rings. The highest BCUT2D eigenvalue weighted by Crippen LogP contribution is 2.42. The quantitative estimate of drug-likeness (QED) is 0.681. The average molecular weight is 202 g/mol. The van der Waals surface area contributed by atoms with Crippen LogP contribution in [0, 0.1) is 5.92 Å². The molecule has 1 aliphatic rings. The van der Waals surface area contributed by atoms with Gasteiger partial charge in [0.15, 0.2) is 5.78 Å². The van der Waals surface area contributed by atoms with Gasteiger partial charge in [-0.3, -0.25) is 4.79 Å². The standard InChI is InChI=1S/C14H18O/c1-3-14(15)13-7-5-4-6-12(13)11-8-10(2)9-11/h4-7,10-11H,3,8-9H2,1-2H3. The van der Waals surface area contributed by atoms with Crippen LogP contribution in [0.15, 0.2) is 24.3 Å². The Morgan fingerprint density at radius 1 is 1.33 bits per heavy atom. The number of rotatable bonds is 3. The Labute approximate surface area is 91.5 Å². The van der Waals surface area contributed by atoms with E-state index in [9.17, 15) is 4.79 Å². The molecule has 2 rings (SSSR count). The summed E-state index contributed by atoms with van der Waals surface area (Å²) in [6.45, 7) is 4.21. The Morgan fingerprint density at radius 3 is 2.60 bits per heavy atom. The first kappa shape index (κ1) is 10.4. The van der Waals surface area contributed by atoms with Crippen LogP contribution in [0.2, 0.25) is 0 Å². The van der Waals surface area contributed by atoms with E-state index in [0.29, 0.717) is 12.3 Å². The van der Waals surface area contributed by atoms with E-state index in [-0.39, 0.29) is 5.78 Å². The number of hydrogen-bond donors (Lipinski definition) is 0. The molecule has 0 heterocycles. The molecule has 0 radical (unpaired) electrons. The van der Waals surface area contributed by atoms with Crippen molar-refractivity contribution in [2.75, 3.05) is 0 Å². The lowest BCUT2D eigenvalue weighted by Crippen LogP contribution is -2.21. The van der Waals surface area contributed by atoms with Crippen LogP contribution in [0.3, 0.4) is 0 Å². The number of hydrogen-bond acceptors (Lipinski definition) is 1. The fourth-order valence-electron chi connectivity index (χ4n) is 2.45. The maximum Gasteiger partial charge on any atom is 0.162 e. The summed E-state index contributed by atoms with van der Waals surface area (Å²) >= 11 is 0. The predicted octanol–water partition coefficient (Wildman–Crippen LogP) is 3.79. The Hall–Kier alpha value is -1.11. The van der Waals surface area contributed by atoms with Crippen molar-refractivity contribution in [2.24, 2.45) is 5.92 Å². The van der Waals surface area contributed by atoms with E-state index in [1.54, 1.807) is 0 Å². The van der Waals surface area contributed by atoms with Crippen molar-refractivity contribution in [1.82, 2.24) is 0 Å². The molecule has 80 valence electrons. The van der Waals surface area contributed by atoms with Gasteiger partial charge in [-0.1, -0.05) is 38.1 Å². The largest absolute Gasteiger partial charge is 0.294 e. The molecular formula is C14H18O. The van der Waals surface area contributed by atoms with Crippen LogP contribution in [-0.2, 0) is 0 Å². The second-order valence-corrected chi connectivity index (χ2v) is 4.64. The molecular weight excluding hydrogens is 184 g/mol. The van der Waals surface area contributed by atoms with E-state index in [1.165, 1.54) is 18.4 Å². The van der Waals surface area contributed by atoms with Gasteiger partial charge in [-0.25, -0.2) is 0 Å². The summed E-state index contributed by atoms with van der Waals surface area (Å²) in [5.74, 6) is 1.75. The van der Waals surface area contributed by atoms with Crippen LogP contribution in [0.4, 0.5) is 0 Å². The van der Waals surface area contributed by atoms with Gasteiger partial charge in [0.05, 0.1) is 0 Å². The normalized spacial score (nSPS) is 24.7. The van der Waals surface area contributed by atoms with Gasteiger partial charge in [0.1, 0.15) is 0 Å². The van der Waals surface area contributed by atoms with Crippen LogP contribution in [0.1, 0.15) is 54.9 Å². The highest BCUT2D eigenvalue weighted by Gasteiger charge is 2.29. The predicted molar refractivity (Wildman–Crippen MR) is 62.2 cm³/mol. The smallest absolute Gasteiger partial charge is 0.162 e. The summed E-state index contributed by atoms with van der Waals surface area (Å²) in [5, 5.41) is 0. The maximum atomic E-state index is 11.8. The Kier molecular flexibility index (Phi) is 2.90. The molecule has 0 unspecified atom stereocenters. The zero-order valence-corrected chi connectivity index (χ0v) is 9.49. The number of carbonyl (C=O) groups excluding carboxylic acids is 1. The molecule has 1 aliphatic carbocycles. The van der Waals surface area contributed by atoms with E-state index in [4.69, 9.17) is 0 Å². The summed E-state index contributed by atoms with van der Waals surface area (Å²) in [4.78, 5) is 11.8. The zero-order chi connectivity index (χ0) is 10.8. The second kappa shape index (κ2) is 4.18. The topological polar surface area (TPSA) is 17.1 Å². The average Bonchev–Trinajstić information content (AvgIpc) is 2.24. The van der Waals surface area contributed by atoms with E-state index in [2.05, 4.69) is 13.0 Å². The first-order valence-electron chi connectivity index (χ1n) is 5.84. The minimum Gasteiger partial charge on any atom is -0.294 e. The highest BCUT2D eigenvalue weighted by molar-refractivity contribution is 5.97. The summed E-state index contributed by atoms with van der Waals surface area (Å²) in [5.41, 5.74) is 2.24. The van der Waals surface area contributed by atoms with Gasteiger partial charge in [0.2, 0.25) is 0 Å². The lowest BCUT2D eigenvalue weighted by molar-refractivity contribution is 0.0985. The molecule has 0 aliphatic heterocycles. The van der Waals surface area contributed by atoms with Crippen molar-refractivity contribution in [1.29, 1.82) is 0 Å². The molecule has 1 nitrogen and oxygen atoms in total. The fraction of sp³-hybridized carbons (Fsp3) is 0.500. The molecule has 0 amide bonds. The molecule has 0 saturated heterocycles. The van der Waals surface area contributed by atoms with Gasteiger partial charge in [-0.05, 0) is 30.2 Å². The lowest BCUT2D eigenvalue weighted by atomic mass is 9.71. The van der Waals surface area contributed by atoms with Gasteiger partial charge < -0.3 is 0 Å². The molecule has 0 aromatic heterocycles. The lowest BCUT2D eigenvalue weighted by Gasteiger charge is -2.34. The van der Waals surface area contributed by atoms with E-state index < -0.39 is 0 Å². The van der Waals surface area contributed by atoms with Crippen LogP contribution in [0.5, 0.6) is 0 Å². The number of Topliss-reactive ketones (excluding diaryl/α,β-unsaturated/α-hetero) is 1. The summed E-state index contributed by atoms with van der Waals surface area (Å²) in [6.07, 6.45) is 3.10. The van der Waals surface area contributed by atoms with Crippen molar-refractivity contribution in [3.63, 3.8) is 0 Å². The molecule has 15 heavy (non-hydrogen) atoms. The van der Waals surface area contributed by atoms with Crippen molar-refractivity contribution in [3.05, 3.63) is 35.4 Å². The molecule has 1 fully saturated rings. The van der Waals surface area contributed by atoms with Crippen LogP contribution < -0.4 is 0 Å². The van der Waals surface area contributed by atoms with Gasteiger partial charge in [0, 0.05) is 12.0 Å². The van der Waals surface area contributed by atoms with Gasteiger partial charge in [-0.15, -0.1) is 0 Å². The maximum absolute atomic E-state index is 11.8. The van der Waals surface area contributed by atoms with Crippen molar-refractivity contribution < 1.29 is 4.79 Å². The third kappa shape index (κ3) is 1.97. The first-order chi connectivity index (χ1) is 7.22. The highest BCUT2D eigenvalue weighted by atomic mass is 16.1. The number of carbonyl (C=O) groups is 1. The van der Waals surface area contributed by atoms with Gasteiger partial charge in [0.25, 0.3) is 0 Å². The van der Waals surface area contributed by atoms with Crippen LogP contribution in [-0.4, -0.2) is 5.78 Å². The molecule has 0 bridgehead atoms. The SMILES string of the molecule is CCC(=O)c1ccccc1C1CC(C)C1. The number of benzene rings is 1. The molecule has 1 heteroatoms. The zero-order valence-electron chi connectivity index (χ0n) is 9.49. The molecule has 1 aromatic carbocycles. The number of ketones is 1. The fourth-order valence-corrected chi connectivity index (χ4v) is 2.45. The van der Waals surface area contributed by atoms with Crippen molar-refractivity contribution in [3.8, 4) is 0 Å². The van der Waals surface area contributed by atoms with Crippen LogP contribution in [0.25, 0.3) is 0 Å². The summed E-state index contributed by atoms with van der Waals surface area (Å²) in [6, 6.07) is 8.11. The third-order valence-corrected chi connectivity index (χ3v) is 3.40. The Bertz CT molecular complexity index is 361. The van der Waals surface area contributed by atoms with E-state index in [0.717, 1.165) is 11.5 Å². The van der Waals surface area contributed by atoms with Gasteiger partial charge in [-0.2, -0.15) is 0 Å². The van der Waals surface area contributed by atoms with Crippen molar-refractivity contribution >= 4 is 5.78 Å². The summed E-state index contributed by atoms with van der Waals surface area (Å²) in [7, 11) is 0. The van der Waals surface area contributed by atoms with Crippen LogP contribution >= 0.6 is 0 Å². The molecule has 1 saturated carbocycles. The molecule has 0 N–H and O–H groups in total.